The number of nitrogens with one attached hydrogen (secondary N) is 1. The number of nitro groups is 1. The van der Waals surface area contributed by atoms with Crippen molar-refractivity contribution in [2.75, 3.05) is 4.90 Å². The van der Waals surface area contributed by atoms with Crippen LogP contribution < -0.4 is 10.3 Å². The molecule has 4 aromatic rings. The van der Waals surface area contributed by atoms with E-state index in [4.69, 9.17) is 34.8 Å². The van der Waals surface area contributed by atoms with E-state index in [1.165, 1.54) is 36.5 Å². The van der Waals surface area contributed by atoms with Gasteiger partial charge in [0.2, 0.25) is 11.8 Å². The topological polar surface area (TPSA) is 122 Å². The molecule has 1 saturated heterocycles. The Bertz CT molecular complexity index is 1930. The maximum Gasteiger partial charge on any atom is 0.294 e. The second-order valence-corrected chi connectivity index (χ2v) is 12.0. The monoisotopic (exact) mass is 644 g/mol. The van der Waals surface area contributed by atoms with Crippen LogP contribution in [0.25, 0.3) is 0 Å². The molecule has 0 unspecified atom stereocenters. The molecule has 218 valence electrons. The predicted molar refractivity (Wildman–Crippen MR) is 166 cm³/mol. The first kappa shape index (κ1) is 28.2. The van der Waals surface area contributed by atoms with E-state index in [2.05, 4.69) is 10.5 Å². The second-order valence-electron chi connectivity index (χ2n) is 10.7. The van der Waals surface area contributed by atoms with E-state index in [9.17, 15) is 24.5 Å². The number of halogens is 3. The lowest BCUT2D eigenvalue weighted by molar-refractivity contribution is -0.384. The van der Waals surface area contributed by atoms with Crippen molar-refractivity contribution >= 4 is 70.1 Å². The third-order valence-corrected chi connectivity index (χ3v) is 9.45. The molecule has 1 aliphatic heterocycles. The number of benzene rings is 4. The van der Waals surface area contributed by atoms with Crippen LogP contribution in [-0.4, -0.2) is 28.9 Å². The normalized spacial score (nSPS) is 23.0. The number of hydrogen-bond donors (Lipinski definition) is 1. The van der Waals surface area contributed by atoms with Crippen LogP contribution in [0.15, 0.2) is 90.0 Å². The molecule has 0 spiro atoms. The Morgan fingerprint density at radius 1 is 0.886 bits per heavy atom. The number of carbonyl (C=O) groups excluding carboxylic acids is 3. The summed E-state index contributed by atoms with van der Waals surface area (Å²) in [6.45, 7) is 0. The van der Waals surface area contributed by atoms with Gasteiger partial charge in [-0.05, 0) is 52.6 Å². The summed E-state index contributed by atoms with van der Waals surface area (Å²) < 4.78 is 0. The summed E-state index contributed by atoms with van der Waals surface area (Å²) in [5.74, 6) is -4.17. The molecule has 12 heteroatoms. The number of carbonyl (C=O) groups is 3. The van der Waals surface area contributed by atoms with Gasteiger partial charge < -0.3 is 0 Å². The summed E-state index contributed by atoms with van der Waals surface area (Å²) in [5.41, 5.74) is 3.90. The lowest BCUT2D eigenvalue weighted by atomic mass is 9.47. The highest BCUT2D eigenvalue weighted by Gasteiger charge is 2.68. The van der Waals surface area contributed by atoms with E-state index >= 15 is 0 Å². The van der Waals surface area contributed by atoms with Crippen molar-refractivity contribution < 1.29 is 19.3 Å². The zero-order valence-electron chi connectivity index (χ0n) is 22.4. The van der Waals surface area contributed by atoms with Gasteiger partial charge in [0, 0.05) is 28.2 Å². The highest BCUT2D eigenvalue weighted by atomic mass is 35.5. The largest absolute Gasteiger partial charge is 0.294 e. The minimum atomic E-state index is -1.30. The minimum Gasteiger partial charge on any atom is -0.274 e. The number of amides is 3. The van der Waals surface area contributed by atoms with Crippen molar-refractivity contribution in [3.8, 4) is 0 Å². The standard InChI is InChI=1S/C32H19Cl3N4O5/c33-16-9-11-20(23(35)13-16)29(40)37-36-15-32-21-7-3-1-5-18(21)26(19-6-2-4-8-22(19)32)27-28(32)31(42)38(30(27)41)24-12-10-17(34)14-25(24)39(43)44/h1-15,26-28H,(H,37,40)/b36-15-/t26?,27-,28+,32?/m0/s1. The van der Waals surface area contributed by atoms with E-state index in [1.807, 2.05) is 48.5 Å². The first-order chi connectivity index (χ1) is 21.1. The number of hydrazone groups is 1. The van der Waals surface area contributed by atoms with Crippen molar-refractivity contribution in [2.45, 2.75) is 11.3 Å². The highest BCUT2D eigenvalue weighted by molar-refractivity contribution is 6.36. The van der Waals surface area contributed by atoms with Gasteiger partial charge in [0.05, 0.1) is 32.8 Å². The Balaban J connectivity index is 1.41. The molecule has 2 bridgehead atoms. The minimum absolute atomic E-state index is 0.0944. The number of hydrogen-bond acceptors (Lipinski definition) is 6. The summed E-state index contributed by atoms with van der Waals surface area (Å²) >= 11 is 18.3. The van der Waals surface area contributed by atoms with Gasteiger partial charge in [0.15, 0.2) is 0 Å². The van der Waals surface area contributed by atoms with E-state index in [0.29, 0.717) is 5.02 Å². The molecule has 9 nitrogen and oxygen atoms in total. The molecule has 2 atom stereocenters. The average molecular weight is 646 g/mol. The SMILES string of the molecule is O=C(N/N=C\C12c3ccccc3C(c3ccccc31)[C@@H]1C(=O)N(c3ccc(Cl)cc3[N+](=O)[O-])C(=O)[C@@H]12)c1ccc(Cl)cc1Cl. The molecule has 44 heavy (non-hydrogen) atoms. The lowest BCUT2D eigenvalue weighted by Gasteiger charge is -2.52. The third-order valence-electron chi connectivity index (χ3n) is 8.67. The van der Waals surface area contributed by atoms with Crippen molar-refractivity contribution in [2.24, 2.45) is 16.9 Å². The van der Waals surface area contributed by atoms with Gasteiger partial charge in [-0.2, -0.15) is 5.10 Å². The molecule has 8 rings (SSSR count). The fraction of sp³-hybridized carbons (Fsp3) is 0.125. The zero-order valence-corrected chi connectivity index (χ0v) is 24.7. The van der Waals surface area contributed by atoms with Crippen LogP contribution in [-0.2, 0) is 15.0 Å². The Kier molecular flexibility index (Phi) is 6.58. The van der Waals surface area contributed by atoms with Gasteiger partial charge in [0.25, 0.3) is 11.6 Å². The molecule has 1 N–H and O–H groups in total. The number of anilines is 1. The van der Waals surface area contributed by atoms with Gasteiger partial charge in [-0.25, -0.2) is 10.3 Å². The van der Waals surface area contributed by atoms with Crippen molar-refractivity contribution in [3.63, 3.8) is 0 Å². The van der Waals surface area contributed by atoms with Gasteiger partial charge in [-0.3, -0.25) is 24.5 Å². The van der Waals surface area contributed by atoms with Crippen LogP contribution in [0.2, 0.25) is 15.1 Å². The number of rotatable bonds is 5. The van der Waals surface area contributed by atoms with E-state index in [0.717, 1.165) is 33.2 Å². The summed E-state index contributed by atoms with van der Waals surface area (Å²) in [6.07, 6.45) is 1.49. The Morgan fingerprint density at radius 3 is 2.14 bits per heavy atom. The Hall–Kier alpha value is -4.57. The van der Waals surface area contributed by atoms with Crippen LogP contribution in [0.3, 0.4) is 0 Å². The van der Waals surface area contributed by atoms with Crippen LogP contribution in [0, 0.1) is 22.0 Å². The summed E-state index contributed by atoms with van der Waals surface area (Å²) in [5, 5.41) is 16.9. The van der Waals surface area contributed by atoms with E-state index in [1.54, 1.807) is 0 Å². The predicted octanol–water partition coefficient (Wildman–Crippen LogP) is 6.52. The zero-order chi connectivity index (χ0) is 30.9. The third kappa shape index (κ3) is 3.93. The smallest absolute Gasteiger partial charge is 0.274 e. The van der Waals surface area contributed by atoms with Crippen LogP contribution in [0.5, 0.6) is 0 Å². The average Bonchev–Trinajstić information content (AvgIpc) is 3.27. The van der Waals surface area contributed by atoms with Gasteiger partial charge >= 0.3 is 0 Å². The summed E-state index contributed by atoms with van der Waals surface area (Å²) in [7, 11) is 0. The molecule has 4 aromatic carbocycles. The molecule has 0 aromatic heterocycles. The maximum absolute atomic E-state index is 14.5. The first-order valence-corrected chi connectivity index (χ1v) is 14.6. The molecule has 0 saturated carbocycles. The Labute approximate surface area is 265 Å². The Morgan fingerprint density at radius 2 is 1.50 bits per heavy atom. The molecule has 3 amide bonds. The second kappa shape index (κ2) is 10.3. The highest BCUT2D eigenvalue weighted by Crippen LogP contribution is 2.64. The number of imide groups is 1. The van der Waals surface area contributed by atoms with Crippen molar-refractivity contribution in [1.29, 1.82) is 0 Å². The molecular formula is C32H19Cl3N4O5. The van der Waals surface area contributed by atoms with Gasteiger partial charge in [-0.1, -0.05) is 83.3 Å². The summed E-state index contributed by atoms with van der Waals surface area (Å²) in [4.78, 5) is 54.1. The fourth-order valence-corrected chi connectivity index (χ4v) is 7.71. The van der Waals surface area contributed by atoms with Crippen LogP contribution in [0.1, 0.15) is 38.5 Å². The van der Waals surface area contributed by atoms with E-state index < -0.39 is 51.5 Å². The molecule has 0 radical (unpaired) electrons. The van der Waals surface area contributed by atoms with Crippen molar-refractivity contribution in [1.82, 2.24) is 5.43 Å². The lowest BCUT2D eigenvalue weighted by Crippen LogP contribution is -2.54. The fourth-order valence-electron chi connectivity index (χ4n) is 7.05. The van der Waals surface area contributed by atoms with Crippen molar-refractivity contribution in [3.05, 3.63) is 138 Å². The van der Waals surface area contributed by atoms with Crippen LogP contribution in [0.4, 0.5) is 11.4 Å². The molecule has 1 fully saturated rings. The van der Waals surface area contributed by atoms with Gasteiger partial charge in [-0.15, -0.1) is 0 Å². The maximum atomic E-state index is 14.5. The number of nitro benzene ring substituents is 1. The van der Waals surface area contributed by atoms with Crippen LogP contribution >= 0.6 is 34.8 Å². The molecule has 1 heterocycles. The molecular weight excluding hydrogens is 627 g/mol. The molecule has 4 aliphatic rings. The van der Waals surface area contributed by atoms with E-state index in [-0.39, 0.29) is 21.3 Å². The van der Waals surface area contributed by atoms with Gasteiger partial charge in [0.1, 0.15) is 5.69 Å². The first-order valence-electron chi connectivity index (χ1n) is 13.5. The molecule has 3 aliphatic carbocycles. The quantitative estimate of drug-likeness (QED) is 0.115. The number of nitrogens with zero attached hydrogens (tertiary/aromatic N) is 3. The summed E-state index contributed by atoms with van der Waals surface area (Å²) in [6, 6.07) is 23.2.